The van der Waals surface area contributed by atoms with Crippen molar-refractivity contribution >= 4 is 23.4 Å². The van der Waals surface area contributed by atoms with Gasteiger partial charge in [0.25, 0.3) is 5.91 Å². The Morgan fingerprint density at radius 3 is 2.39 bits per heavy atom. The van der Waals surface area contributed by atoms with Crippen LogP contribution in [0.1, 0.15) is 52.7 Å². The molecule has 31 heavy (non-hydrogen) atoms. The molecule has 0 aliphatic carbocycles. The highest BCUT2D eigenvalue weighted by Gasteiger charge is 2.51. The zero-order valence-corrected chi connectivity index (χ0v) is 18.9. The van der Waals surface area contributed by atoms with Gasteiger partial charge in [-0.15, -0.1) is 0 Å². The third-order valence-corrected chi connectivity index (χ3v) is 5.55. The lowest BCUT2D eigenvalue weighted by Crippen LogP contribution is -2.43. The zero-order chi connectivity index (χ0) is 23.0. The molecule has 0 radical (unpaired) electrons. The number of hydrogen-bond acceptors (Lipinski definition) is 5. The molecule has 162 valence electrons. The predicted molar refractivity (Wildman–Crippen MR) is 121 cm³/mol. The molecule has 1 fully saturated rings. The van der Waals surface area contributed by atoms with Gasteiger partial charge in [0.05, 0.1) is 17.2 Å². The second-order valence-corrected chi connectivity index (χ2v) is 9.20. The Morgan fingerprint density at radius 1 is 1.16 bits per heavy atom. The highest BCUT2D eigenvalue weighted by molar-refractivity contribution is 6.22. The summed E-state index contributed by atoms with van der Waals surface area (Å²) >= 11 is 0. The van der Waals surface area contributed by atoms with Crippen molar-refractivity contribution in [3.8, 4) is 6.07 Å². The lowest BCUT2D eigenvalue weighted by atomic mass is 9.86. The average Bonchev–Trinajstić information content (AvgIpc) is 2.87. The van der Waals surface area contributed by atoms with E-state index in [2.05, 4.69) is 16.4 Å². The molecule has 3 rings (SSSR count). The number of hydrogen-bond donors (Lipinski definition) is 1. The van der Waals surface area contributed by atoms with Crippen LogP contribution in [0.4, 0.5) is 16.3 Å². The second kappa shape index (κ2) is 8.03. The number of pyridine rings is 1. The third-order valence-electron chi connectivity index (χ3n) is 5.55. The first-order valence-electron chi connectivity index (χ1n) is 10.4. The van der Waals surface area contributed by atoms with Crippen molar-refractivity contribution in [1.82, 2.24) is 9.88 Å². The van der Waals surface area contributed by atoms with Gasteiger partial charge in [0.2, 0.25) is 0 Å². The summed E-state index contributed by atoms with van der Waals surface area (Å²) in [7, 11) is 0. The fourth-order valence-electron chi connectivity index (χ4n) is 3.55. The number of nitrogens with one attached hydrogen (secondary N) is 1. The van der Waals surface area contributed by atoms with Crippen LogP contribution in [0, 0.1) is 11.3 Å². The molecule has 1 N–H and O–H groups in total. The van der Waals surface area contributed by atoms with Gasteiger partial charge in [-0.1, -0.05) is 12.1 Å². The van der Waals surface area contributed by atoms with Crippen molar-refractivity contribution in [3.63, 3.8) is 0 Å². The van der Waals surface area contributed by atoms with Gasteiger partial charge < -0.3 is 10.2 Å². The summed E-state index contributed by atoms with van der Waals surface area (Å²) in [5, 5.41) is 12.6. The summed E-state index contributed by atoms with van der Waals surface area (Å²) in [4.78, 5) is 33.6. The van der Waals surface area contributed by atoms with Crippen LogP contribution in [0.2, 0.25) is 0 Å². The van der Waals surface area contributed by atoms with E-state index >= 15 is 0 Å². The van der Waals surface area contributed by atoms with Gasteiger partial charge >= 0.3 is 6.03 Å². The SMILES string of the molecule is CC(C)Nc1cc(CN2C(=O)N(c3ccc(C(C)(C)C#N)cc3)C(=O)C2(C)C)ccn1. The molecule has 7 heteroatoms. The Bertz CT molecular complexity index is 1030. The van der Waals surface area contributed by atoms with Gasteiger partial charge in [-0.25, -0.2) is 14.7 Å². The van der Waals surface area contributed by atoms with E-state index in [1.165, 1.54) is 4.90 Å². The molecular formula is C24H29N5O2. The first kappa shape index (κ1) is 22.3. The number of carbonyl (C=O) groups is 2. The number of nitriles is 1. The molecule has 1 aromatic carbocycles. The molecule has 0 atom stereocenters. The van der Waals surface area contributed by atoms with E-state index in [0.717, 1.165) is 16.9 Å². The van der Waals surface area contributed by atoms with E-state index in [4.69, 9.17) is 0 Å². The second-order valence-electron chi connectivity index (χ2n) is 9.20. The summed E-state index contributed by atoms with van der Waals surface area (Å²) in [6, 6.07) is 12.9. The van der Waals surface area contributed by atoms with E-state index in [0.29, 0.717) is 12.2 Å². The Balaban J connectivity index is 1.88. The predicted octanol–water partition coefficient (Wildman–Crippen LogP) is 4.45. The Labute approximate surface area is 183 Å². The summed E-state index contributed by atoms with van der Waals surface area (Å²) < 4.78 is 0. The minimum Gasteiger partial charge on any atom is -0.368 e. The number of carbonyl (C=O) groups excluding carboxylic acids is 2. The highest BCUT2D eigenvalue weighted by atomic mass is 16.2. The lowest BCUT2D eigenvalue weighted by molar-refractivity contribution is -0.123. The molecule has 2 heterocycles. The van der Waals surface area contributed by atoms with Crippen LogP contribution < -0.4 is 10.2 Å². The van der Waals surface area contributed by atoms with Crippen molar-refractivity contribution < 1.29 is 9.59 Å². The Morgan fingerprint density at radius 2 is 1.81 bits per heavy atom. The summed E-state index contributed by atoms with van der Waals surface area (Å²) in [6.45, 7) is 11.5. The number of nitrogens with zero attached hydrogens (tertiary/aromatic N) is 4. The number of amides is 3. The minimum absolute atomic E-state index is 0.235. The van der Waals surface area contributed by atoms with Crippen molar-refractivity contribution in [3.05, 3.63) is 53.7 Å². The van der Waals surface area contributed by atoms with Gasteiger partial charge in [-0.2, -0.15) is 5.26 Å². The van der Waals surface area contributed by atoms with Gasteiger partial charge in [0, 0.05) is 18.8 Å². The molecule has 1 aliphatic rings. The molecule has 1 aliphatic heterocycles. The fourth-order valence-corrected chi connectivity index (χ4v) is 3.55. The van der Waals surface area contributed by atoms with Crippen molar-refractivity contribution in [2.24, 2.45) is 0 Å². The van der Waals surface area contributed by atoms with Crippen LogP contribution in [0.3, 0.4) is 0 Å². The largest absolute Gasteiger partial charge is 0.368 e. The fraction of sp³-hybridized carbons (Fsp3) is 0.417. The van der Waals surface area contributed by atoms with E-state index in [1.807, 2.05) is 39.8 Å². The molecule has 2 aromatic rings. The van der Waals surface area contributed by atoms with Crippen molar-refractivity contribution in [1.29, 1.82) is 5.26 Å². The number of urea groups is 1. The van der Waals surface area contributed by atoms with Crippen LogP contribution in [0.25, 0.3) is 0 Å². The quantitative estimate of drug-likeness (QED) is 0.699. The number of anilines is 2. The number of imide groups is 1. The summed E-state index contributed by atoms with van der Waals surface area (Å²) in [5.41, 5.74) is 0.582. The minimum atomic E-state index is -0.989. The average molecular weight is 420 g/mol. The monoisotopic (exact) mass is 419 g/mol. The summed E-state index contributed by atoms with van der Waals surface area (Å²) in [6.07, 6.45) is 1.70. The maximum absolute atomic E-state index is 13.3. The van der Waals surface area contributed by atoms with Crippen molar-refractivity contribution in [2.75, 3.05) is 10.2 Å². The molecule has 3 amide bonds. The standard InChI is InChI=1S/C24H29N5O2/c1-16(2)27-20-13-17(11-12-26-20)14-28-22(31)29(21(30)24(28,5)6)19-9-7-18(8-10-19)23(3,4)15-25/h7-13,16H,14H2,1-6H3,(H,26,27). The maximum Gasteiger partial charge on any atom is 0.332 e. The molecule has 7 nitrogen and oxygen atoms in total. The van der Waals surface area contributed by atoms with Crippen LogP contribution in [0.5, 0.6) is 0 Å². The van der Waals surface area contributed by atoms with Crippen LogP contribution in [-0.2, 0) is 16.8 Å². The molecule has 0 spiro atoms. The molecule has 0 bridgehead atoms. The number of aromatic nitrogens is 1. The molecule has 0 unspecified atom stereocenters. The topological polar surface area (TPSA) is 89.3 Å². The van der Waals surface area contributed by atoms with E-state index in [-0.39, 0.29) is 18.0 Å². The normalized spacial score (nSPS) is 16.1. The molecule has 1 aromatic heterocycles. The van der Waals surface area contributed by atoms with E-state index < -0.39 is 11.0 Å². The Kier molecular flexibility index (Phi) is 5.77. The van der Waals surface area contributed by atoms with Crippen molar-refractivity contribution in [2.45, 2.75) is 65.1 Å². The molecular weight excluding hydrogens is 390 g/mol. The smallest absolute Gasteiger partial charge is 0.332 e. The Hall–Kier alpha value is -3.40. The zero-order valence-electron chi connectivity index (χ0n) is 18.9. The van der Waals surface area contributed by atoms with E-state index in [9.17, 15) is 14.9 Å². The van der Waals surface area contributed by atoms with Crippen LogP contribution >= 0.6 is 0 Å². The summed E-state index contributed by atoms with van der Waals surface area (Å²) in [5.74, 6) is 0.454. The molecule has 1 saturated heterocycles. The third kappa shape index (κ3) is 4.24. The highest BCUT2D eigenvalue weighted by Crippen LogP contribution is 2.34. The van der Waals surface area contributed by atoms with Gasteiger partial charge in [-0.05, 0) is 76.9 Å². The van der Waals surface area contributed by atoms with Gasteiger partial charge in [0.1, 0.15) is 11.4 Å². The molecule has 0 saturated carbocycles. The first-order chi connectivity index (χ1) is 14.5. The number of benzene rings is 1. The van der Waals surface area contributed by atoms with Gasteiger partial charge in [-0.3, -0.25) is 4.79 Å². The lowest BCUT2D eigenvalue weighted by Gasteiger charge is -2.27. The number of rotatable bonds is 6. The first-order valence-corrected chi connectivity index (χ1v) is 10.4. The van der Waals surface area contributed by atoms with Crippen LogP contribution in [-0.4, -0.2) is 33.4 Å². The maximum atomic E-state index is 13.3. The van der Waals surface area contributed by atoms with Gasteiger partial charge in [0.15, 0.2) is 0 Å². The van der Waals surface area contributed by atoms with Crippen LogP contribution in [0.15, 0.2) is 42.6 Å². The van der Waals surface area contributed by atoms with E-state index in [1.54, 1.807) is 49.2 Å².